The number of rotatable bonds is 7. The predicted molar refractivity (Wildman–Crippen MR) is 110 cm³/mol. The Morgan fingerprint density at radius 2 is 2.29 bits per heavy atom. The zero-order valence-electron chi connectivity index (χ0n) is 16.4. The number of methoxy groups -OCH3 is 1. The fourth-order valence-corrected chi connectivity index (χ4v) is 4.67. The third kappa shape index (κ3) is 4.13. The molecule has 148 valence electrons. The number of amides is 1. The van der Waals surface area contributed by atoms with Crippen LogP contribution in [0.15, 0.2) is 18.2 Å². The minimum atomic E-state index is -0.110. The number of nitrogens with zero attached hydrogens (tertiary/aromatic N) is 1. The van der Waals surface area contributed by atoms with Crippen LogP contribution in [0.25, 0.3) is 0 Å². The first kappa shape index (κ1) is 20.2. The Balaban J connectivity index is 1.76. The van der Waals surface area contributed by atoms with Crippen molar-refractivity contribution in [1.29, 1.82) is 5.26 Å². The molecule has 2 heterocycles. The number of para-hydroxylation sites is 1. The minimum Gasteiger partial charge on any atom is -0.493 e. The van der Waals surface area contributed by atoms with Gasteiger partial charge < -0.3 is 20.1 Å². The van der Waals surface area contributed by atoms with Gasteiger partial charge in [-0.25, -0.2) is 0 Å². The molecular weight excluding hydrogens is 374 g/mol. The van der Waals surface area contributed by atoms with Crippen LogP contribution in [0.5, 0.6) is 11.5 Å². The Morgan fingerprint density at radius 3 is 3.00 bits per heavy atom. The van der Waals surface area contributed by atoms with Gasteiger partial charge in [-0.2, -0.15) is 5.26 Å². The molecule has 1 amide bonds. The monoisotopic (exact) mass is 399 g/mol. The maximum Gasteiger partial charge on any atom is 0.225 e. The lowest BCUT2D eigenvalue weighted by Gasteiger charge is -2.18. The standard InChI is InChI=1S/C21H25N3O3S/c1-4-27-20-14(6-5-7-17(20)26-3)13(2)10-19(25)24-21-16(11-22)15-8-9-23-12-18(15)28-21/h5-7,13,23H,4,8-10,12H2,1-3H3,(H,24,25)/t13-/m0/s1. The van der Waals surface area contributed by atoms with Gasteiger partial charge in [0.2, 0.25) is 5.91 Å². The first-order chi connectivity index (χ1) is 13.6. The second-order valence-corrected chi connectivity index (χ2v) is 7.82. The van der Waals surface area contributed by atoms with Crippen molar-refractivity contribution in [2.45, 2.75) is 39.2 Å². The first-order valence-corrected chi connectivity index (χ1v) is 10.3. The lowest BCUT2D eigenvalue weighted by molar-refractivity contribution is -0.116. The van der Waals surface area contributed by atoms with Gasteiger partial charge in [-0.05, 0) is 37.4 Å². The van der Waals surface area contributed by atoms with Gasteiger partial charge in [0, 0.05) is 23.4 Å². The van der Waals surface area contributed by atoms with Crippen LogP contribution < -0.4 is 20.1 Å². The number of carbonyl (C=O) groups is 1. The molecule has 28 heavy (non-hydrogen) atoms. The fraction of sp³-hybridized carbons (Fsp3) is 0.429. The van der Waals surface area contributed by atoms with Crippen molar-refractivity contribution in [1.82, 2.24) is 5.32 Å². The zero-order chi connectivity index (χ0) is 20.1. The molecule has 0 radical (unpaired) electrons. The van der Waals surface area contributed by atoms with Crippen LogP contribution in [-0.4, -0.2) is 26.2 Å². The average molecular weight is 400 g/mol. The summed E-state index contributed by atoms with van der Waals surface area (Å²) in [5.74, 6) is 1.18. The van der Waals surface area contributed by atoms with Crippen molar-refractivity contribution in [2.24, 2.45) is 0 Å². The van der Waals surface area contributed by atoms with Gasteiger partial charge in [0.05, 0.1) is 19.3 Å². The number of hydrogen-bond acceptors (Lipinski definition) is 6. The predicted octanol–water partition coefficient (Wildman–Crippen LogP) is 3.81. The molecular formula is C21H25N3O3S. The van der Waals surface area contributed by atoms with Gasteiger partial charge in [0.25, 0.3) is 0 Å². The Morgan fingerprint density at radius 1 is 1.46 bits per heavy atom. The molecule has 2 aromatic rings. The zero-order valence-corrected chi connectivity index (χ0v) is 17.2. The molecule has 1 atom stereocenters. The minimum absolute atomic E-state index is 0.0570. The average Bonchev–Trinajstić information content (AvgIpc) is 3.04. The van der Waals surface area contributed by atoms with Crippen LogP contribution in [0.2, 0.25) is 0 Å². The van der Waals surface area contributed by atoms with Crippen molar-refractivity contribution >= 4 is 22.2 Å². The molecule has 0 fully saturated rings. The van der Waals surface area contributed by atoms with E-state index in [1.165, 1.54) is 11.3 Å². The van der Waals surface area contributed by atoms with E-state index in [9.17, 15) is 10.1 Å². The molecule has 1 aliphatic rings. The quantitative estimate of drug-likeness (QED) is 0.740. The van der Waals surface area contributed by atoms with Crippen LogP contribution in [0.1, 0.15) is 47.8 Å². The van der Waals surface area contributed by atoms with E-state index >= 15 is 0 Å². The molecule has 2 N–H and O–H groups in total. The van der Waals surface area contributed by atoms with Gasteiger partial charge in [0.1, 0.15) is 11.1 Å². The summed E-state index contributed by atoms with van der Waals surface area (Å²) in [5.41, 5.74) is 2.62. The molecule has 0 unspecified atom stereocenters. The normalized spacial score (nSPS) is 13.9. The molecule has 3 rings (SSSR count). The van der Waals surface area contributed by atoms with Crippen molar-refractivity contribution in [3.8, 4) is 17.6 Å². The van der Waals surface area contributed by atoms with Gasteiger partial charge in [-0.1, -0.05) is 19.1 Å². The number of ether oxygens (including phenoxy) is 2. The smallest absolute Gasteiger partial charge is 0.225 e. The highest BCUT2D eigenvalue weighted by atomic mass is 32.1. The lowest BCUT2D eigenvalue weighted by Crippen LogP contribution is -2.22. The Hall–Kier alpha value is -2.56. The topological polar surface area (TPSA) is 83.4 Å². The van der Waals surface area contributed by atoms with Crippen LogP contribution in [0, 0.1) is 11.3 Å². The van der Waals surface area contributed by atoms with Gasteiger partial charge in [0.15, 0.2) is 11.5 Å². The number of benzene rings is 1. The van der Waals surface area contributed by atoms with Gasteiger partial charge in [-0.15, -0.1) is 11.3 Å². The number of anilines is 1. The first-order valence-electron chi connectivity index (χ1n) is 9.43. The number of carbonyl (C=O) groups excluding carboxylic acids is 1. The number of fused-ring (bicyclic) bond motifs is 1. The molecule has 1 aromatic carbocycles. The SMILES string of the molecule is CCOc1c(OC)cccc1[C@@H](C)CC(=O)Nc1sc2c(c1C#N)CCNC2. The van der Waals surface area contributed by atoms with Crippen molar-refractivity contribution < 1.29 is 14.3 Å². The summed E-state index contributed by atoms with van der Waals surface area (Å²) < 4.78 is 11.2. The van der Waals surface area contributed by atoms with Crippen LogP contribution >= 0.6 is 11.3 Å². The van der Waals surface area contributed by atoms with E-state index in [0.29, 0.717) is 35.1 Å². The summed E-state index contributed by atoms with van der Waals surface area (Å²) in [5, 5.41) is 16.5. The van der Waals surface area contributed by atoms with Crippen molar-refractivity contribution in [2.75, 3.05) is 25.6 Å². The molecule has 6 nitrogen and oxygen atoms in total. The Bertz CT molecular complexity index is 901. The van der Waals surface area contributed by atoms with E-state index in [1.807, 2.05) is 32.0 Å². The number of nitrogens with one attached hydrogen (secondary N) is 2. The van der Waals surface area contributed by atoms with Gasteiger partial charge in [-0.3, -0.25) is 4.79 Å². The molecule has 0 aliphatic carbocycles. The van der Waals surface area contributed by atoms with Crippen LogP contribution in [0.3, 0.4) is 0 Å². The molecule has 1 aromatic heterocycles. The third-order valence-corrected chi connectivity index (χ3v) is 5.98. The number of hydrogen-bond donors (Lipinski definition) is 2. The van der Waals surface area contributed by atoms with E-state index in [0.717, 1.165) is 35.5 Å². The number of thiophene rings is 1. The van der Waals surface area contributed by atoms with E-state index in [4.69, 9.17) is 9.47 Å². The van der Waals surface area contributed by atoms with Crippen LogP contribution in [-0.2, 0) is 17.8 Å². The van der Waals surface area contributed by atoms with E-state index in [1.54, 1.807) is 7.11 Å². The van der Waals surface area contributed by atoms with Crippen LogP contribution in [0.4, 0.5) is 5.00 Å². The van der Waals surface area contributed by atoms with Gasteiger partial charge >= 0.3 is 0 Å². The van der Waals surface area contributed by atoms with Crippen molar-refractivity contribution in [3.63, 3.8) is 0 Å². The molecule has 0 saturated heterocycles. The fourth-order valence-electron chi connectivity index (χ4n) is 3.49. The van der Waals surface area contributed by atoms with E-state index < -0.39 is 0 Å². The highest BCUT2D eigenvalue weighted by Crippen LogP contribution is 2.38. The molecule has 1 aliphatic heterocycles. The second-order valence-electron chi connectivity index (χ2n) is 6.71. The molecule has 7 heteroatoms. The summed E-state index contributed by atoms with van der Waals surface area (Å²) in [7, 11) is 1.61. The largest absolute Gasteiger partial charge is 0.493 e. The molecule has 0 bridgehead atoms. The summed E-state index contributed by atoms with van der Waals surface area (Å²) in [4.78, 5) is 13.8. The second kappa shape index (κ2) is 9.09. The summed E-state index contributed by atoms with van der Waals surface area (Å²) in [6, 6.07) is 7.98. The summed E-state index contributed by atoms with van der Waals surface area (Å²) in [6.45, 7) is 6.05. The third-order valence-electron chi connectivity index (χ3n) is 4.83. The van der Waals surface area contributed by atoms with Crippen molar-refractivity contribution in [3.05, 3.63) is 39.8 Å². The van der Waals surface area contributed by atoms with E-state index in [-0.39, 0.29) is 11.8 Å². The highest BCUT2D eigenvalue weighted by molar-refractivity contribution is 7.16. The molecule has 0 saturated carbocycles. The highest BCUT2D eigenvalue weighted by Gasteiger charge is 2.23. The maximum absolute atomic E-state index is 12.7. The Labute approximate surface area is 169 Å². The lowest BCUT2D eigenvalue weighted by atomic mass is 9.96. The Kier molecular flexibility index (Phi) is 6.55. The van der Waals surface area contributed by atoms with E-state index in [2.05, 4.69) is 16.7 Å². The maximum atomic E-state index is 12.7. The summed E-state index contributed by atoms with van der Waals surface area (Å²) in [6.07, 6.45) is 1.11. The molecule has 0 spiro atoms. The number of nitriles is 1. The summed E-state index contributed by atoms with van der Waals surface area (Å²) >= 11 is 1.49.